The molecule has 3 aromatic carbocycles. The van der Waals surface area contributed by atoms with Gasteiger partial charge >= 0.3 is 0 Å². The minimum Gasteiger partial charge on any atom is -0.355 e. The number of nitrogens with zero attached hydrogens (tertiary/aromatic N) is 1. The molecular formula is C30H24N2. The zero-order valence-electron chi connectivity index (χ0n) is 17.8. The minimum atomic E-state index is 0.907. The number of benzene rings is 3. The Kier molecular flexibility index (Phi) is 5.19. The first-order chi connectivity index (χ1) is 15.7. The van der Waals surface area contributed by atoms with Crippen molar-refractivity contribution >= 4 is 27.5 Å². The van der Waals surface area contributed by atoms with Crippen LogP contribution in [0, 0.1) is 0 Å². The third-order valence-corrected chi connectivity index (χ3v) is 5.73. The number of aromatic amines is 1. The van der Waals surface area contributed by atoms with Crippen molar-refractivity contribution in [3.05, 3.63) is 140 Å². The summed E-state index contributed by atoms with van der Waals surface area (Å²) in [6.07, 6.45) is 16.0. The number of anilines is 1. The third-order valence-electron chi connectivity index (χ3n) is 5.73. The van der Waals surface area contributed by atoms with E-state index in [-0.39, 0.29) is 0 Å². The quantitative estimate of drug-likeness (QED) is 0.353. The molecular weight excluding hydrogens is 388 g/mol. The van der Waals surface area contributed by atoms with E-state index < -0.39 is 0 Å². The Morgan fingerprint density at radius 3 is 1.94 bits per heavy atom. The molecule has 1 aliphatic heterocycles. The second kappa shape index (κ2) is 8.44. The Morgan fingerprint density at radius 2 is 1.22 bits per heavy atom. The van der Waals surface area contributed by atoms with Gasteiger partial charge in [0.05, 0.1) is 0 Å². The maximum atomic E-state index is 4.04. The van der Waals surface area contributed by atoms with Crippen molar-refractivity contribution in [3.63, 3.8) is 0 Å². The van der Waals surface area contributed by atoms with Crippen LogP contribution >= 0.6 is 0 Å². The molecule has 5 rings (SSSR count). The molecule has 0 fully saturated rings. The van der Waals surface area contributed by atoms with Crippen molar-refractivity contribution in [1.29, 1.82) is 0 Å². The average Bonchev–Trinajstić information content (AvgIpc) is 3.19. The molecule has 4 aromatic rings. The predicted octanol–water partition coefficient (Wildman–Crippen LogP) is 8.06. The van der Waals surface area contributed by atoms with E-state index in [1.54, 1.807) is 0 Å². The van der Waals surface area contributed by atoms with Gasteiger partial charge in [0.15, 0.2) is 0 Å². The molecule has 0 atom stereocenters. The Hall–Kier alpha value is -4.30. The molecule has 0 amide bonds. The average molecular weight is 413 g/mol. The number of rotatable bonds is 2. The number of allylic oxidation sites excluding steroid dienone is 8. The molecule has 0 bridgehead atoms. The van der Waals surface area contributed by atoms with Crippen molar-refractivity contribution in [1.82, 2.24) is 4.98 Å². The van der Waals surface area contributed by atoms with Crippen LogP contribution in [0.2, 0.25) is 0 Å². The van der Waals surface area contributed by atoms with Gasteiger partial charge < -0.3 is 9.88 Å². The van der Waals surface area contributed by atoms with Crippen molar-refractivity contribution < 1.29 is 0 Å². The van der Waals surface area contributed by atoms with Crippen LogP contribution in [0.4, 0.5) is 5.69 Å². The van der Waals surface area contributed by atoms with Crippen LogP contribution < -0.4 is 4.90 Å². The molecule has 1 N–H and O–H groups in total. The van der Waals surface area contributed by atoms with E-state index in [1.807, 2.05) is 48.9 Å². The summed E-state index contributed by atoms with van der Waals surface area (Å²) in [7, 11) is 0. The van der Waals surface area contributed by atoms with Gasteiger partial charge in [0.2, 0.25) is 0 Å². The summed E-state index contributed by atoms with van der Waals surface area (Å²) in [4.78, 5) is 5.59. The van der Waals surface area contributed by atoms with Crippen LogP contribution in [-0.4, -0.2) is 4.98 Å². The molecule has 0 radical (unpaired) electrons. The summed E-state index contributed by atoms with van der Waals surface area (Å²) in [6, 6.07) is 23.7. The van der Waals surface area contributed by atoms with Crippen LogP contribution in [0.3, 0.4) is 0 Å². The smallest absolute Gasteiger partial charge is 0.0465 e. The van der Waals surface area contributed by atoms with Crippen molar-refractivity contribution in [2.45, 2.75) is 0 Å². The van der Waals surface area contributed by atoms with Gasteiger partial charge in [-0.15, -0.1) is 0 Å². The van der Waals surface area contributed by atoms with Gasteiger partial charge in [-0.3, -0.25) is 0 Å². The monoisotopic (exact) mass is 412 g/mol. The zero-order chi connectivity index (χ0) is 21.9. The fourth-order valence-electron chi connectivity index (χ4n) is 3.92. The lowest BCUT2D eigenvalue weighted by Crippen LogP contribution is -2.06. The maximum absolute atomic E-state index is 4.04. The van der Waals surface area contributed by atoms with Gasteiger partial charge in [0.25, 0.3) is 0 Å². The van der Waals surface area contributed by atoms with Crippen LogP contribution in [0.15, 0.2) is 140 Å². The standard InChI is InChI=1S/C30H24N2/c1-22-9-5-7-19-32(20-8-6-10-23(22)2)26-16-13-24(14-17-26)25-15-18-30-28(21-25)27-11-3-4-12-29(27)31-30/h3-21,31H,1-2H2/b9-5-,10-6-,19-7-,20-8-. The molecule has 0 saturated heterocycles. The summed E-state index contributed by atoms with van der Waals surface area (Å²) < 4.78 is 0. The first-order valence-corrected chi connectivity index (χ1v) is 10.7. The SMILES string of the molecule is C=C1/C=C\C=C/N(c2ccc(-c3ccc4[nH]c5ccccc5c4c3)cc2)/C=C\C=C/C1=C. The number of para-hydroxylation sites is 1. The van der Waals surface area contributed by atoms with E-state index in [2.05, 4.69) is 89.8 Å². The molecule has 2 heteroatoms. The van der Waals surface area contributed by atoms with Crippen LogP contribution in [0.5, 0.6) is 0 Å². The van der Waals surface area contributed by atoms with Gasteiger partial charge in [-0.25, -0.2) is 0 Å². The fraction of sp³-hybridized carbons (Fsp3) is 0. The van der Waals surface area contributed by atoms with Crippen molar-refractivity contribution in [3.8, 4) is 11.1 Å². The maximum Gasteiger partial charge on any atom is 0.0465 e. The Balaban J connectivity index is 1.46. The molecule has 0 saturated carbocycles. The van der Waals surface area contributed by atoms with Gasteiger partial charge in [0, 0.05) is 39.9 Å². The van der Waals surface area contributed by atoms with Gasteiger partial charge in [-0.05, 0) is 64.8 Å². The number of nitrogens with one attached hydrogen (secondary N) is 1. The topological polar surface area (TPSA) is 19.0 Å². The number of H-pyrrole nitrogens is 1. The highest BCUT2D eigenvalue weighted by Crippen LogP contribution is 2.31. The van der Waals surface area contributed by atoms with E-state index in [1.165, 1.54) is 27.4 Å². The largest absolute Gasteiger partial charge is 0.355 e. The molecule has 154 valence electrons. The predicted molar refractivity (Wildman–Crippen MR) is 139 cm³/mol. The molecule has 32 heavy (non-hydrogen) atoms. The fourth-order valence-corrected chi connectivity index (χ4v) is 3.92. The molecule has 0 spiro atoms. The lowest BCUT2D eigenvalue weighted by Gasteiger charge is -2.16. The molecule has 2 heterocycles. The Morgan fingerprint density at radius 1 is 0.594 bits per heavy atom. The zero-order valence-corrected chi connectivity index (χ0v) is 17.8. The first kappa shape index (κ1) is 19.7. The Labute approximate surface area is 188 Å². The van der Waals surface area contributed by atoms with E-state index in [4.69, 9.17) is 0 Å². The highest BCUT2D eigenvalue weighted by atomic mass is 15.1. The van der Waals surface area contributed by atoms with Crippen LogP contribution in [0.25, 0.3) is 32.9 Å². The Bertz CT molecular complexity index is 1410. The molecule has 0 unspecified atom stereocenters. The van der Waals surface area contributed by atoms with Gasteiger partial charge in [-0.1, -0.05) is 73.9 Å². The third kappa shape index (κ3) is 3.86. The normalized spacial score (nSPS) is 18.4. The minimum absolute atomic E-state index is 0.907. The lowest BCUT2D eigenvalue weighted by atomic mass is 10.0. The van der Waals surface area contributed by atoms with Gasteiger partial charge in [0.1, 0.15) is 0 Å². The summed E-state index contributed by atoms with van der Waals surface area (Å²) >= 11 is 0. The second-order valence-electron chi connectivity index (χ2n) is 7.84. The summed E-state index contributed by atoms with van der Waals surface area (Å²) in [5.74, 6) is 0. The number of fused-ring (bicyclic) bond motifs is 3. The van der Waals surface area contributed by atoms with Crippen molar-refractivity contribution in [2.24, 2.45) is 0 Å². The van der Waals surface area contributed by atoms with E-state index in [0.29, 0.717) is 0 Å². The van der Waals surface area contributed by atoms with E-state index >= 15 is 0 Å². The number of aromatic nitrogens is 1. The van der Waals surface area contributed by atoms with Gasteiger partial charge in [-0.2, -0.15) is 0 Å². The van der Waals surface area contributed by atoms with Crippen LogP contribution in [0.1, 0.15) is 0 Å². The molecule has 1 aromatic heterocycles. The summed E-state index contributed by atoms with van der Waals surface area (Å²) in [5, 5.41) is 2.51. The van der Waals surface area contributed by atoms with E-state index in [9.17, 15) is 0 Å². The second-order valence-corrected chi connectivity index (χ2v) is 7.84. The highest BCUT2D eigenvalue weighted by molar-refractivity contribution is 6.08. The number of hydrogen-bond donors (Lipinski definition) is 1. The lowest BCUT2D eigenvalue weighted by molar-refractivity contribution is 1.28. The number of hydrogen-bond acceptors (Lipinski definition) is 1. The summed E-state index contributed by atoms with van der Waals surface area (Å²) in [5.41, 5.74) is 7.64. The first-order valence-electron chi connectivity index (χ1n) is 10.7. The summed E-state index contributed by atoms with van der Waals surface area (Å²) in [6.45, 7) is 8.07. The molecule has 2 nitrogen and oxygen atoms in total. The van der Waals surface area contributed by atoms with E-state index in [0.717, 1.165) is 22.4 Å². The van der Waals surface area contributed by atoms with Crippen molar-refractivity contribution in [2.75, 3.05) is 4.90 Å². The van der Waals surface area contributed by atoms with Crippen LogP contribution in [-0.2, 0) is 0 Å². The highest BCUT2D eigenvalue weighted by Gasteiger charge is 2.07. The molecule has 1 aliphatic rings. The molecule has 0 aliphatic carbocycles.